The molecule has 2 atom stereocenters. The van der Waals surface area contributed by atoms with Crippen molar-refractivity contribution in [3.8, 4) is 5.75 Å². The molecule has 3 heteroatoms. The second-order valence-electron chi connectivity index (χ2n) is 4.38. The molecule has 0 aromatic heterocycles. The predicted octanol–water partition coefficient (Wildman–Crippen LogP) is 3.47. The number of hydrogen-bond donors (Lipinski definition) is 1. The number of hydrogen-bond acceptors (Lipinski definition) is 2. The number of rotatable bonds is 2. The highest BCUT2D eigenvalue weighted by molar-refractivity contribution is 6.32. The monoisotopic (exact) mass is 239 g/mol. The van der Waals surface area contributed by atoms with Crippen molar-refractivity contribution < 1.29 is 4.74 Å². The molecule has 1 aliphatic heterocycles. The average Bonchev–Trinajstić information content (AvgIpc) is 2.23. The van der Waals surface area contributed by atoms with E-state index in [1.54, 1.807) is 0 Å². The smallest absolute Gasteiger partial charge is 0.143 e. The Hall–Kier alpha value is -0.730. The molecular weight excluding hydrogens is 222 g/mol. The zero-order valence-electron chi connectivity index (χ0n) is 10.0. The van der Waals surface area contributed by atoms with E-state index < -0.39 is 0 Å². The Balaban J connectivity index is 2.47. The minimum Gasteiger partial charge on any atom is -0.489 e. The second-order valence-corrected chi connectivity index (χ2v) is 4.79. The molecule has 0 saturated heterocycles. The van der Waals surface area contributed by atoms with Gasteiger partial charge in [0.25, 0.3) is 0 Å². The van der Waals surface area contributed by atoms with Crippen LogP contribution in [0.4, 0.5) is 0 Å². The van der Waals surface area contributed by atoms with Crippen LogP contribution in [0.25, 0.3) is 0 Å². The van der Waals surface area contributed by atoms with Crippen molar-refractivity contribution >= 4 is 11.6 Å². The molecule has 1 aliphatic rings. The first kappa shape index (κ1) is 11.7. The summed E-state index contributed by atoms with van der Waals surface area (Å²) in [6.45, 7) is 7.28. The van der Waals surface area contributed by atoms with Crippen molar-refractivity contribution in [2.24, 2.45) is 0 Å². The topological polar surface area (TPSA) is 21.3 Å². The highest BCUT2D eigenvalue weighted by atomic mass is 35.5. The Morgan fingerprint density at radius 2 is 2.25 bits per heavy atom. The quantitative estimate of drug-likeness (QED) is 0.853. The van der Waals surface area contributed by atoms with Gasteiger partial charge in [-0.25, -0.2) is 0 Å². The van der Waals surface area contributed by atoms with Crippen LogP contribution in [0.1, 0.15) is 37.4 Å². The molecule has 2 rings (SSSR count). The predicted molar refractivity (Wildman–Crippen MR) is 67.3 cm³/mol. The summed E-state index contributed by atoms with van der Waals surface area (Å²) in [5.41, 5.74) is 2.48. The molecule has 0 radical (unpaired) electrons. The van der Waals surface area contributed by atoms with E-state index in [1.807, 2.05) is 6.07 Å². The lowest BCUT2D eigenvalue weighted by atomic mass is 9.93. The van der Waals surface area contributed by atoms with E-state index in [1.165, 1.54) is 11.1 Å². The molecule has 2 unspecified atom stereocenters. The molecule has 16 heavy (non-hydrogen) atoms. The van der Waals surface area contributed by atoms with Gasteiger partial charge in [0.2, 0.25) is 0 Å². The maximum absolute atomic E-state index is 6.19. The van der Waals surface area contributed by atoms with E-state index >= 15 is 0 Å². The molecule has 1 N–H and O–H groups in total. The van der Waals surface area contributed by atoms with E-state index in [2.05, 4.69) is 32.2 Å². The first-order valence-corrected chi connectivity index (χ1v) is 6.20. The number of nitrogens with one attached hydrogen (secondary N) is 1. The Bertz CT molecular complexity index is 392. The van der Waals surface area contributed by atoms with Gasteiger partial charge in [-0.1, -0.05) is 24.6 Å². The number of halogens is 1. The highest BCUT2D eigenvalue weighted by Crippen LogP contribution is 2.41. The zero-order valence-corrected chi connectivity index (χ0v) is 10.8. The molecule has 2 nitrogen and oxygen atoms in total. The van der Waals surface area contributed by atoms with Gasteiger partial charge in [0, 0.05) is 18.0 Å². The van der Waals surface area contributed by atoms with Crippen molar-refractivity contribution in [3.63, 3.8) is 0 Å². The molecule has 1 aromatic carbocycles. The second kappa shape index (κ2) is 4.64. The summed E-state index contributed by atoms with van der Waals surface area (Å²) in [6, 6.07) is 4.34. The van der Waals surface area contributed by atoms with E-state index in [0.29, 0.717) is 6.04 Å². The standard InChI is InChI=1S/C13H18ClNO/c1-4-15-11-7-9(3)16-13-10(14)6-5-8(2)12(11)13/h5-6,9,11,15H,4,7H2,1-3H3. The average molecular weight is 240 g/mol. The van der Waals surface area contributed by atoms with Gasteiger partial charge in [-0.15, -0.1) is 0 Å². The van der Waals surface area contributed by atoms with Crippen LogP contribution in [0.3, 0.4) is 0 Å². The fourth-order valence-corrected chi connectivity index (χ4v) is 2.56. The van der Waals surface area contributed by atoms with Crippen molar-refractivity contribution in [3.05, 3.63) is 28.3 Å². The van der Waals surface area contributed by atoms with E-state index in [-0.39, 0.29) is 6.10 Å². The Labute approximate surface area is 102 Å². The third-order valence-corrected chi connectivity index (χ3v) is 3.35. The number of benzene rings is 1. The summed E-state index contributed by atoms with van der Waals surface area (Å²) >= 11 is 6.19. The van der Waals surface area contributed by atoms with Gasteiger partial charge in [0.15, 0.2) is 0 Å². The third kappa shape index (κ3) is 2.04. The van der Waals surface area contributed by atoms with Crippen LogP contribution in [0, 0.1) is 6.92 Å². The maximum Gasteiger partial charge on any atom is 0.143 e. The van der Waals surface area contributed by atoms with Gasteiger partial charge in [-0.3, -0.25) is 0 Å². The summed E-state index contributed by atoms with van der Waals surface area (Å²) in [6.07, 6.45) is 1.22. The molecule has 0 bridgehead atoms. The van der Waals surface area contributed by atoms with Crippen molar-refractivity contribution in [2.45, 2.75) is 39.3 Å². The summed E-state index contributed by atoms with van der Waals surface area (Å²) in [5.74, 6) is 0.867. The van der Waals surface area contributed by atoms with E-state index in [0.717, 1.165) is 23.7 Å². The van der Waals surface area contributed by atoms with Gasteiger partial charge in [-0.05, 0) is 32.0 Å². The van der Waals surface area contributed by atoms with Crippen molar-refractivity contribution in [1.82, 2.24) is 5.32 Å². The molecule has 0 fully saturated rings. The molecule has 0 aliphatic carbocycles. The van der Waals surface area contributed by atoms with E-state index in [4.69, 9.17) is 16.3 Å². The Morgan fingerprint density at radius 1 is 1.50 bits per heavy atom. The van der Waals surface area contributed by atoms with Crippen LogP contribution >= 0.6 is 11.6 Å². The number of aryl methyl sites for hydroxylation is 1. The van der Waals surface area contributed by atoms with Crippen LogP contribution in [-0.4, -0.2) is 12.6 Å². The van der Waals surface area contributed by atoms with Gasteiger partial charge in [-0.2, -0.15) is 0 Å². The number of ether oxygens (including phenoxy) is 1. The third-order valence-electron chi connectivity index (χ3n) is 3.05. The molecule has 1 aromatic rings. The molecule has 1 heterocycles. The minimum absolute atomic E-state index is 0.218. The van der Waals surface area contributed by atoms with Crippen LogP contribution in [0.15, 0.2) is 12.1 Å². The lowest BCUT2D eigenvalue weighted by Gasteiger charge is -2.32. The highest BCUT2D eigenvalue weighted by Gasteiger charge is 2.28. The molecule has 88 valence electrons. The van der Waals surface area contributed by atoms with E-state index in [9.17, 15) is 0 Å². The summed E-state index contributed by atoms with van der Waals surface area (Å²) in [7, 11) is 0. The van der Waals surface area contributed by atoms with Crippen molar-refractivity contribution in [1.29, 1.82) is 0 Å². The summed E-state index contributed by atoms with van der Waals surface area (Å²) in [4.78, 5) is 0. The first-order valence-electron chi connectivity index (χ1n) is 5.82. The van der Waals surface area contributed by atoms with Crippen LogP contribution in [0.2, 0.25) is 5.02 Å². The fourth-order valence-electron chi connectivity index (χ4n) is 2.36. The first-order chi connectivity index (χ1) is 7.63. The minimum atomic E-state index is 0.218. The molecule has 0 saturated carbocycles. The Morgan fingerprint density at radius 3 is 2.94 bits per heavy atom. The molecular formula is C13H18ClNO. The van der Waals surface area contributed by atoms with Crippen LogP contribution in [0.5, 0.6) is 5.75 Å². The molecule has 0 amide bonds. The van der Waals surface area contributed by atoms with Gasteiger partial charge in [0.1, 0.15) is 5.75 Å². The van der Waals surface area contributed by atoms with Crippen LogP contribution < -0.4 is 10.1 Å². The van der Waals surface area contributed by atoms with Gasteiger partial charge in [0.05, 0.1) is 11.1 Å². The number of fused-ring (bicyclic) bond motifs is 1. The summed E-state index contributed by atoms with van der Waals surface area (Å²) in [5, 5.41) is 4.22. The largest absolute Gasteiger partial charge is 0.489 e. The van der Waals surface area contributed by atoms with Gasteiger partial charge >= 0.3 is 0 Å². The maximum atomic E-state index is 6.19. The lowest BCUT2D eigenvalue weighted by molar-refractivity contribution is 0.167. The van der Waals surface area contributed by atoms with Crippen LogP contribution in [-0.2, 0) is 0 Å². The lowest BCUT2D eigenvalue weighted by Crippen LogP contribution is -2.32. The van der Waals surface area contributed by atoms with Crippen molar-refractivity contribution in [2.75, 3.05) is 6.54 Å². The fraction of sp³-hybridized carbons (Fsp3) is 0.538. The Kier molecular flexibility index (Phi) is 3.41. The molecule has 0 spiro atoms. The normalized spacial score (nSPS) is 23.8. The summed E-state index contributed by atoms with van der Waals surface area (Å²) < 4.78 is 5.85. The van der Waals surface area contributed by atoms with Gasteiger partial charge < -0.3 is 10.1 Å². The zero-order chi connectivity index (χ0) is 11.7. The SMILES string of the molecule is CCNC1CC(C)Oc2c(Cl)ccc(C)c21.